The number of halogens is 2. The zero-order valence-electron chi connectivity index (χ0n) is 10.9. The van der Waals surface area contributed by atoms with E-state index >= 15 is 0 Å². The molecule has 0 fully saturated rings. The number of hydrogen-bond donors (Lipinski definition) is 1. The summed E-state index contributed by atoms with van der Waals surface area (Å²) >= 11 is 5.73. The van der Waals surface area contributed by atoms with E-state index in [0.29, 0.717) is 0 Å². The molecule has 1 aromatic rings. The second kappa shape index (κ2) is 5.24. The third-order valence-corrected chi connectivity index (χ3v) is 3.70. The normalized spacial score (nSPS) is 13.7. The van der Waals surface area contributed by atoms with E-state index in [1.807, 2.05) is 6.92 Å². The highest BCUT2D eigenvalue weighted by Crippen LogP contribution is 2.28. The molecule has 100 valence electrons. The van der Waals surface area contributed by atoms with Gasteiger partial charge in [0.25, 0.3) is 0 Å². The summed E-state index contributed by atoms with van der Waals surface area (Å²) < 4.78 is 13.1. The van der Waals surface area contributed by atoms with Crippen LogP contribution in [-0.2, 0) is 4.79 Å². The summed E-state index contributed by atoms with van der Waals surface area (Å²) in [6.45, 7) is 5.10. The largest absolute Gasteiger partial charge is 0.480 e. The second-order valence-electron chi connectivity index (χ2n) is 4.82. The van der Waals surface area contributed by atoms with E-state index in [0.717, 1.165) is 5.56 Å². The van der Waals surface area contributed by atoms with E-state index < -0.39 is 17.3 Å². The fourth-order valence-corrected chi connectivity index (χ4v) is 1.82. The number of carbonyl (C=O) groups is 1. The summed E-state index contributed by atoms with van der Waals surface area (Å²) in [4.78, 5) is 12.9. The molecule has 0 aromatic heterocycles. The van der Waals surface area contributed by atoms with Crippen molar-refractivity contribution in [2.24, 2.45) is 0 Å². The predicted octanol–water partition coefficient (Wildman–Crippen LogP) is 3.34. The second-order valence-corrected chi connectivity index (χ2v) is 5.23. The highest BCUT2D eigenvalue weighted by Gasteiger charge is 2.35. The van der Waals surface area contributed by atoms with Gasteiger partial charge in [-0.05, 0) is 45.5 Å². The highest BCUT2D eigenvalue weighted by atomic mass is 35.5. The van der Waals surface area contributed by atoms with Crippen LogP contribution >= 0.6 is 11.6 Å². The van der Waals surface area contributed by atoms with Gasteiger partial charge in [-0.3, -0.25) is 9.69 Å². The van der Waals surface area contributed by atoms with Crippen molar-refractivity contribution in [3.8, 4) is 0 Å². The van der Waals surface area contributed by atoms with Crippen LogP contribution in [0.4, 0.5) is 4.39 Å². The van der Waals surface area contributed by atoms with E-state index in [1.165, 1.54) is 12.1 Å². The maximum Gasteiger partial charge on any atom is 0.323 e. The summed E-state index contributed by atoms with van der Waals surface area (Å²) in [7, 11) is 1.72. The molecule has 0 bridgehead atoms. The van der Waals surface area contributed by atoms with Crippen LogP contribution in [0.25, 0.3) is 0 Å². The molecule has 1 N–H and O–H groups in total. The van der Waals surface area contributed by atoms with E-state index in [9.17, 15) is 14.3 Å². The number of likely N-dealkylation sites (N-methyl/N-ethyl adjacent to an activating group) is 1. The molecule has 1 atom stereocenters. The van der Waals surface area contributed by atoms with Crippen molar-refractivity contribution in [1.29, 1.82) is 0 Å². The predicted molar refractivity (Wildman–Crippen MR) is 69.3 cm³/mol. The lowest BCUT2D eigenvalue weighted by Crippen LogP contribution is -2.48. The van der Waals surface area contributed by atoms with Gasteiger partial charge in [0, 0.05) is 6.04 Å². The smallest absolute Gasteiger partial charge is 0.323 e. The number of hydrogen-bond acceptors (Lipinski definition) is 2. The van der Waals surface area contributed by atoms with Crippen molar-refractivity contribution in [1.82, 2.24) is 4.90 Å². The van der Waals surface area contributed by atoms with Crippen LogP contribution in [0.2, 0.25) is 5.02 Å². The average molecular weight is 274 g/mol. The van der Waals surface area contributed by atoms with Crippen molar-refractivity contribution in [3.63, 3.8) is 0 Å². The van der Waals surface area contributed by atoms with E-state index in [2.05, 4.69) is 0 Å². The fourth-order valence-electron chi connectivity index (χ4n) is 1.63. The molecule has 0 aliphatic carbocycles. The van der Waals surface area contributed by atoms with Crippen LogP contribution in [0.1, 0.15) is 32.4 Å². The monoisotopic (exact) mass is 273 g/mol. The Bertz CT molecular complexity index is 462. The number of carboxylic acids is 1. The third-order valence-electron chi connectivity index (χ3n) is 3.41. The minimum atomic E-state index is -1.01. The molecular formula is C13H17ClFNO2. The van der Waals surface area contributed by atoms with Crippen LogP contribution in [0.15, 0.2) is 18.2 Å². The van der Waals surface area contributed by atoms with Crippen LogP contribution in [0, 0.1) is 5.82 Å². The lowest BCUT2D eigenvalue weighted by atomic mass is 9.98. The Kier molecular flexibility index (Phi) is 4.35. The van der Waals surface area contributed by atoms with Gasteiger partial charge in [-0.25, -0.2) is 4.39 Å². The van der Waals surface area contributed by atoms with Crippen LogP contribution in [0.3, 0.4) is 0 Å². The Hall–Kier alpha value is -1.13. The summed E-state index contributed by atoms with van der Waals surface area (Å²) in [5.74, 6) is -1.39. The molecule has 1 unspecified atom stereocenters. The fraction of sp³-hybridized carbons (Fsp3) is 0.462. The molecule has 1 rings (SSSR count). The Labute approximate surface area is 111 Å². The molecule has 3 nitrogen and oxygen atoms in total. The first-order chi connectivity index (χ1) is 8.17. The van der Waals surface area contributed by atoms with Crippen LogP contribution in [0.5, 0.6) is 0 Å². The minimum absolute atomic E-state index is 0.0425. The van der Waals surface area contributed by atoms with Gasteiger partial charge in [0.2, 0.25) is 0 Å². The number of rotatable bonds is 4. The van der Waals surface area contributed by atoms with Gasteiger partial charge in [0.1, 0.15) is 11.4 Å². The summed E-state index contributed by atoms with van der Waals surface area (Å²) in [6, 6.07) is 4.24. The Balaban J connectivity index is 3.03. The Morgan fingerprint density at radius 3 is 2.50 bits per heavy atom. The number of nitrogens with zero attached hydrogens (tertiary/aromatic N) is 1. The van der Waals surface area contributed by atoms with Gasteiger partial charge < -0.3 is 5.11 Å². The third kappa shape index (κ3) is 2.82. The van der Waals surface area contributed by atoms with Gasteiger partial charge in [-0.1, -0.05) is 17.7 Å². The van der Waals surface area contributed by atoms with Crippen molar-refractivity contribution in [2.75, 3.05) is 7.05 Å². The average Bonchev–Trinajstić information content (AvgIpc) is 2.30. The number of carboxylic acid groups (broad SMARTS) is 1. The van der Waals surface area contributed by atoms with Gasteiger partial charge in [0.15, 0.2) is 0 Å². The van der Waals surface area contributed by atoms with Crippen LogP contribution < -0.4 is 0 Å². The summed E-state index contributed by atoms with van der Waals surface area (Å²) in [5, 5.41) is 9.22. The lowest BCUT2D eigenvalue weighted by Gasteiger charge is -2.36. The lowest BCUT2D eigenvalue weighted by molar-refractivity contribution is -0.149. The van der Waals surface area contributed by atoms with Gasteiger partial charge >= 0.3 is 5.97 Å². The summed E-state index contributed by atoms with van der Waals surface area (Å²) in [6.07, 6.45) is 0. The van der Waals surface area contributed by atoms with Crippen molar-refractivity contribution >= 4 is 17.6 Å². The topological polar surface area (TPSA) is 40.5 Å². The maximum atomic E-state index is 13.1. The molecule has 0 spiro atoms. The molecule has 0 radical (unpaired) electrons. The minimum Gasteiger partial charge on any atom is -0.480 e. The number of benzene rings is 1. The SMILES string of the molecule is CC(c1ccc(F)c(Cl)c1)N(C)C(C)(C)C(=O)O. The van der Waals surface area contributed by atoms with Crippen molar-refractivity contribution in [2.45, 2.75) is 32.4 Å². The first kappa shape index (κ1) is 14.9. The molecular weight excluding hydrogens is 257 g/mol. The van der Waals surface area contributed by atoms with E-state index in [4.69, 9.17) is 11.6 Å². The van der Waals surface area contributed by atoms with E-state index in [-0.39, 0.29) is 11.1 Å². The molecule has 0 aliphatic rings. The molecule has 0 saturated heterocycles. The molecule has 0 amide bonds. The van der Waals surface area contributed by atoms with Gasteiger partial charge in [-0.2, -0.15) is 0 Å². The summed E-state index contributed by atoms with van der Waals surface area (Å²) in [5.41, 5.74) is -0.237. The molecule has 0 heterocycles. The molecule has 5 heteroatoms. The standard InChI is InChI=1S/C13H17ClFNO2/c1-8(16(4)13(2,3)12(17)18)9-5-6-11(15)10(14)7-9/h5-8H,1-4H3,(H,17,18). The first-order valence-corrected chi connectivity index (χ1v) is 5.97. The first-order valence-electron chi connectivity index (χ1n) is 5.59. The van der Waals surface area contributed by atoms with Crippen molar-refractivity contribution < 1.29 is 14.3 Å². The zero-order valence-corrected chi connectivity index (χ0v) is 11.6. The van der Waals surface area contributed by atoms with Gasteiger partial charge in [-0.15, -0.1) is 0 Å². The Morgan fingerprint density at radius 1 is 1.50 bits per heavy atom. The molecule has 18 heavy (non-hydrogen) atoms. The number of aliphatic carboxylic acids is 1. The maximum absolute atomic E-state index is 13.1. The molecule has 0 saturated carbocycles. The Morgan fingerprint density at radius 2 is 2.06 bits per heavy atom. The highest BCUT2D eigenvalue weighted by molar-refractivity contribution is 6.30. The van der Waals surface area contributed by atoms with Crippen LogP contribution in [-0.4, -0.2) is 28.6 Å². The quantitative estimate of drug-likeness (QED) is 0.915. The van der Waals surface area contributed by atoms with E-state index in [1.54, 1.807) is 31.9 Å². The molecule has 0 aliphatic heterocycles. The van der Waals surface area contributed by atoms with Crippen molar-refractivity contribution in [3.05, 3.63) is 34.6 Å². The zero-order chi connectivity index (χ0) is 14.1. The molecule has 1 aromatic carbocycles. The van der Waals surface area contributed by atoms with Gasteiger partial charge in [0.05, 0.1) is 5.02 Å².